The van der Waals surface area contributed by atoms with E-state index < -0.39 is 66.1 Å². The first-order valence-corrected chi connectivity index (χ1v) is 16.5. The van der Waals surface area contributed by atoms with E-state index >= 15 is 0 Å². The van der Waals surface area contributed by atoms with E-state index in [4.69, 9.17) is 10.3 Å². The zero-order chi connectivity index (χ0) is 33.3. The van der Waals surface area contributed by atoms with Crippen LogP contribution in [-0.2, 0) is 30.2 Å². The molecule has 0 amide bonds. The molecule has 1 radical (unpaired) electrons. The summed E-state index contributed by atoms with van der Waals surface area (Å²) in [7, 11) is -13.3. The van der Waals surface area contributed by atoms with Crippen LogP contribution in [0.5, 0.6) is 0 Å². The molecular formula is C24H21N7NaO11S3. The summed E-state index contributed by atoms with van der Waals surface area (Å²) in [6.07, 6.45) is 0. The fourth-order valence-electron chi connectivity index (χ4n) is 3.91. The molecule has 0 aliphatic rings. The number of sulfonamides is 2. The average Bonchev–Trinajstić information content (AvgIpc) is 2.93. The average molecular weight is 703 g/mol. The Hall–Kier alpha value is -4.19. The number of nitro benzene ring substituents is 2. The Kier molecular flexibility index (Phi) is 10.8. The van der Waals surface area contributed by atoms with Crippen molar-refractivity contribution in [1.29, 1.82) is 0 Å². The van der Waals surface area contributed by atoms with Gasteiger partial charge < -0.3 is 16.0 Å². The molecule has 0 fully saturated rings. The molecular weight excluding hydrogens is 681 g/mol. The molecule has 0 spiro atoms. The topological polar surface area (TPSA) is 297 Å². The van der Waals surface area contributed by atoms with Gasteiger partial charge in [-0.3, -0.25) is 24.8 Å². The van der Waals surface area contributed by atoms with Crippen molar-refractivity contribution >= 4 is 105 Å². The van der Waals surface area contributed by atoms with Gasteiger partial charge in [-0.25, -0.2) is 27.1 Å². The van der Waals surface area contributed by atoms with Gasteiger partial charge in [-0.05, 0) is 66.7 Å². The zero-order valence-electron chi connectivity index (χ0n) is 23.3. The maximum Gasteiger partial charge on any atom is 0.296 e. The first-order valence-electron chi connectivity index (χ1n) is 12.0. The van der Waals surface area contributed by atoms with Crippen LogP contribution in [0.3, 0.4) is 0 Å². The number of nitrogens with zero attached hydrogens (tertiary/aromatic N) is 2. The van der Waals surface area contributed by atoms with Crippen molar-refractivity contribution in [1.82, 2.24) is 0 Å². The molecule has 46 heavy (non-hydrogen) atoms. The van der Waals surface area contributed by atoms with Crippen molar-refractivity contribution in [3.8, 4) is 0 Å². The van der Waals surface area contributed by atoms with Crippen LogP contribution in [0.25, 0.3) is 0 Å². The number of benzene rings is 4. The van der Waals surface area contributed by atoms with Crippen molar-refractivity contribution in [3.63, 3.8) is 0 Å². The zero-order valence-corrected chi connectivity index (χ0v) is 27.8. The van der Waals surface area contributed by atoms with Crippen LogP contribution in [0.1, 0.15) is 0 Å². The van der Waals surface area contributed by atoms with Crippen molar-refractivity contribution in [2.75, 3.05) is 16.0 Å². The van der Waals surface area contributed by atoms with Crippen molar-refractivity contribution in [2.24, 2.45) is 10.3 Å². The van der Waals surface area contributed by atoms with E-state index in [-0.39, 0.29) is 52.3 Å². The quantitative estimate of drug-likeness (QED) is 0.0567. The molecule has 0 atom stereocenters. The van der Waals surface area contributed by atoms with Crippen molar-refractivity contribution < 1.29 is 39.7 Å². The van der Waals surface area contributed by atoms with Gasteiger partial charge in [-0.2, -0.15) is 8.42 Å². The molecule has 4 aromatic carbocycles. The molecule has 0 aromatic heterocycles. The summed E-state index contributed by atoms with van der Waals surface area (Å²) < 4.78 is 80.5. The normalized spacial score (nSPS) is 11.6. The van der Waals surface area contributed by atoms with Gasteiger partial charge in [0.1, 0.15) is 16.3 Å². The Morgan fingerprint density at radius 3 is 1.28 bits per heavy atom. The third kappa shape index (κ3) is 8.74. The van der Waals surface area contributed by atoms with E-state index in [1.807, 2.05) is 0 Å². The fourth-order valence-corrected chi connectivity index (χ4v) is 5.65. The van der Waals surface area contributed by atoms with Crippen LogP contribution in [0.15, 0.2) is 93.5 Å². The van der Waals surface area contributed by atoms with Gasteiger partial charge in [-0.15, -0.1) is 0 Å². The Morgan fingerprint density at radius 1 is 0.565 bits per heavy atom. The molecule has 4 rings (SSSR count). The molecule has 0 heterocycles. The third-order valence-corrected chi connectivity index (χ3v) is 8.69. The molecule has 0 aliphatic carbocycles. The van der Waals surface area contributed by atoms with Gasteiger partial charge in [0, 0.05) is 58.8 Å². The molecule has 0 unspecified atom stereocenters. The molecule has 237 valence electrons. The molecule has 0 saturated heterocycles. The van der Waals surface area contributed by atoms with E-state index in [9.17, 15) is 50.0 Å². The SMILES string of the molecule is NS(=O)(=O)c1ccc(Nc2ccc(Nc3ccc(Nc4ccc(S(N)(=O)=O)cc4[N+](=O)[O-])cc3S(=O)(=O)O)cc2)c([N+](=O)[O-])c1.[Na]. The Labute approximate surface area is 283 Å². The molecule has 22 heteroatoms. The molecule has 0 aliphatic heterocycles. The summed E-state index contributed by atoms with van der Waals surface area (Å²) in [5, 5.41) is 41.3. The smallest absolute Gasteiger partial charge is 0.296 e. The summed E-state index contributed by atoms with van der Waals surface area (Å²) >= 11 is 0. The second kappa shape index (κ2) is 13.7. The number of nitrogens with one attached hydrogen (secondary N) is 3. The maximum absolute atomic E-state index is 12.2. The number of anilines is 6. The number of nitrogens with two attached hydrogens (primary N) is 2. The standard InChI is InChI=1S/C24H21N7O11S3.Na/c25-43(36,37)17-6-9-19(22(12-17)30(32)33)27-14-1-3-15(4-2-14)28-21-8-5-16(11-24(21)45(40,41)42)29-20-10-7-18(44(26,38)39)13-23(20)31(34)35;/h1-13,27-29H,(H2,25,36,37)(H2,26,38,39)(H,40,41,42);. The van der Waals surface area contributed by atoms with Gasteiger partial charge in [0.2, 0.25) is 20.0 Å². The predicted molar refractivity (Wildman–Crippen MR) is 167 cm³/mol. The summed E-state index contributed by atoms with van der Waals surface area (Å²) in [6.45, 7) is 0. The Bertz CT molecular complexity index is 2180. The number of hydrogen-bond donors (Lipinski definition) is 6. The van der Waals surface area contributed by atoms with Crippen LogP contribution in [0, 0.1) is 20.2 Å². The number of nitro groups is 2. The maximum atomic E-state index is 12.2. The minimum absolute atomic E-state index is 0. The van der Waals surface area contributed by atoms with Crippen LogP contribution in [-0.4, -0.2) is 69.2 Å². The van der Waals surface area contributed by atoms with E-state index in [2.05, 4.69) is 16.0 Å². The van der Waals surface area contributed by atoms with Crippen LogP contribution < -0.4 is 26.2 Å². The van der Waals surface area contributed by atoms with E-state index in [1.54, 1.807) is 0 Å². The largest absolute Gasteiger partial charge is 0.354 e. The second-order valence-electron chi connectivity index (χ2n) is 9.10. The first kappa shape index (κ1) is 36.3. The number of hydrogen-bond acceptors (Lipinski definition) is 13. The minimum atomic E-state index is -4.86. The second-order valence-corrected chi connectivity index (χ2v) is 13.6. The number of primary sulfonamides is 2. The first-order chi connectivity index (χ1) is 20.8. The van der Waals surface area contributed by atoms with E-state index in [0.29, 0.717) is 11.4 Å². The van der Waals surface area contributed by atoms with Gasteiger partial charge in [0.25, 0.3) is 21.5 Å². The predicted octanol–water partition coefficient (Wildman–Crippen LogP) is 2.89. The summed E-state index contributed by atoms with van der Waals surface area (Å²) in [6, 6.07) is 15.3. The van der Waals surface area contributed by atoms with Gasteiger partial charge in [-0.1, -0.05) is 0 Å². The summed E-state index contributed by atoms with van der Waals surface area (Å²) in [4.78, 5) is 19.7. The molecule has 0 bridgehead atoms. The molecule has 18 nitrogen and oxygen atoms in total. The monoisotopic (exact) mass is 702 g/mol. The number of rotatable bonds is 11. The third-order valence-electron chi connectivity index (χ3n) is 5.97. The Balaban J connectivity index is 0.00000576. The molecule has 8 N–H and O–H groups in total. The molecule has 4 aromatic rings. The van der Waals surface area contributed by atoms with Gasteiger partial charge >= 0.3 is 0 Å². The molecule has 0 saturated carbocycles. The van der Waals surface area contributed by atoms with E-state index in [1.165, 1.54) is 42.5 Å². The van der Waals surface area contributed by atoms with Crippen LogP contribution in [0.2, 0.25) is 0 Å². The summed E-state index contributed by atoms with van der Waals surface area (Å²) in [5.74, 6) is 0. The van der Waals surface area contributed by atoms with Gasteiger partial charge in [0.05, 0.1) is 25.3 Å². The van der Waals surface area contributed by atoms with Crippen molar-refractivity contribution in [3.05, 3.63) is 99.1 Å². The minimum Gasteiger partial charge on any atom is -0.354 e. The fraction of sp³-hybridized carbons (Fsp3) is 0. The van der Waals surface area contributed by atoms with E-state index in [0.717, 1.165) is 36.4 Å². The van der Waals surface area contributed by atoms with Gasteiger partial charge in [0.15, 0.2) is 0 Å². The van der Waals surface area contributed by atoms with Crippen LogP contribution >= 0.6 is 0 Å². The van der Waals surface area contributed by atoms with Crippen LogP contribution in [0.4, 0.5) is 45.5 Å². The van der Waals surface area contributed by atoms with Crippen molar-refractivity contribution in [2.45, 2.75) is 14.7 Å². The summed E-state index contributed by atoms with van der Waals surface area (Å²) in [5.41, 5.74) is -0.943. The Morgan fingerprint density at radius 2 is 0.913 bits per heavy atom.